The third-order valence-corrected chi connectivity index (χ3v) is 4.33. The first-order chi connectivity index (χ1) is 10.3. The van der Waals surface area contributed by atoms with E-state index in [1.54, 1.807) is 0 Å². The van der Waals surface area contributed by atoms with Crippen molar-refractivity contribution in [3.05, 3.63) is 57.6 Å². The Morgan fingerprint density at radius 1 is 0.682 bits per heavy atom. The Morgan fingerprint density at radius 3 is 1.27 bits per heavy atom. The van der Waals surface area contributed by atoms with Crippen LogP contribution < -0.4 is 10.9 Å². The van der Waals surface area contributed by atoms with E-state index in [2.05, 4.69) is 72.7 Å². The minimum atomic E-state index is 0.0196. The van der Waals surface area contributed by atoms with Gasteiger partial charge in [0.2, 0.25) is 0 Å². The summed E-state index contributed by atoms with van der Waals surface area (Å²) in [6.07, 6.45) is 0. The molecule has 2 heteroatoms. The summed E-state index contributed by atoms with van der Waals surface area (Å²) in [4.78, 5) is 0. The van der Waals surface area contributed by atoms with Crippen molar-refractivity contribution >= 4 is 17.8 Å². The quantitative estimate of drug-likeness (QED) is 0.782. The van der Waals surface area contributed by atoms with Gasteiger partial charge in [0, 0.05) is 6.61 Å². The maximum absolute atomic E-state index is 6.22. The van der Waals surface area contributed by atoms with E-state index in [4.69, 9.17) is 4.65 Å². The molecule has 2 rings (SSSR count). The van der Waals surface area contributed by atoms with E-state index in [9.17, 15) is 0 Å². The molecular weight excluding hydrogens is 267 g/mol. The van der Waals surface area contributed by atoms with E-state index in [1.165, 1.54) is 44.3 Å². The smallest absolute Gasteiger partial charge is 0.362 e. The van der Waals surface area contributed by atoms with Gasteiger partial charge in [0.15, 0.2) is 0 Å². The van der Waals surface area contributed by atoms with Crippen molar-refractivity contribution in [2.45, 2.75) is 48.5 Å². The molecule has 22 heavy (non-hydrogen) atoms. The lowest BCUT2D eigenvalue weighted by Crippen LogP contribution is -2.49. The average Bonchev–Trinajstić information content (AvgIpc) is 2.36. The van der Waals surface area contributed by atoms with Gasteiger partial charge in [0.05, 0.1) is 0 Å². The van der Waals surface area contributed by atoms with E-state index < -0.39 is 0 Å². The van der Waals surface area contributed by atoms with Gasteiger partial charge in [-0.15, -0.1) is 0 Å². The lowest BCUT2D eigenvalue weighted by Gasteiger charge is -2.23. The van der Waals surface area contributed by atoms with Gasteiger partial charge < -0.3 is 4.65 Å². The highest BCUT2D eigenvalue weighted by atomic mass is 16.4. The lowest BCUT2D eigenvalue weighted by atomic mass is 9.50. The molecule has 0 bridgehead atoms. The molecule has 0 aliphatic rings. The van der Waals surface area contributed by atoms with Crippen LogP contribution in [0, 0.1) is 41.5 Å². The molecule has 0 aliphatic heterocycles. The molecule has 0 saturated heterocycles. The fourth-order valence-electron chi connectivity index (χ4n) is 3.69. The van der Waals surface area contributed by atoms with Gasteiger partial charge in [-0.25, -0.2) is 0 Å². The summed E-state index contributed by atoms with van der Waals surface area (Å²) in [6, 6.07) is 9.03. The second kappa shape index (κ2) is 6.70. The third kappa shape index (κ3) is 3.28. The van der Waals surface area contributed by atoms with E-state index in [1.807, 2.05) is 0 Å². The van der Waals surface area contributed by atoms with Crippen molar-refractivity contribution in [1.82, 2.24) is 0 Å². The second-order valence-electron chi connectivity index (χ2n) is 6.46. The topological polar surface area (TPSA) is 9.23 Å². The minimum Gasteiger partial charge on any atom is -0.427 e. The SMILES string of the molecule is CCOB(c1c(C)cc(C)cc1C)c1c(C)cc(C)cc1C. The van der Waals surface area contributed by atoms with Crippen LogP contribution in [0.5, 0.6) is 0 Å². The first-order valence-electron chi connectivity index (χ1n) is 8.12. The summed E-state index contributed by atoms with van der Waals surface area (Å²) in [6.45, 7) is 15.9. The third-order valence-electron chi connectivity index (χ3n) is 4.33. The summed E-state index contributed by atoms with van der Waals surface area (Å²) < 4.78 is 6.22. The maximum Gasteiger partial charge on any atom is 0.362 e. The first-order valence-corrected chi connectivity index (χ1v) is 8.12. The molecule has 2 aromatic rings. The first kappa shape index (κ1) is 16.8. The van der Waals surface area contributed by atoms with E-state index in [-0.39, 0.29) is 6.92 Å². The second-order valence-corrected chi connectivity index (χ2v) is 6.46. The van der Waals surface area contributed by atoms with E-state index >= 15 is 0 Å². The standard InChI is InChI=1S/C20H27BO/c1-8-22-21(19-15(4)9-13(2)10-16(19)5)20-17(6)11-14(3)12-18(20)7/h9-12H,8H2,1-7H3. The highest BCUT2D eigenvalue weighted by Gasteiger charge is 2.27. The Kier molecular flexibility index (Phi) is 5.13. The fraction of sp³-hybridized carbons (Fsp3) is 0.400. The summed E-state index contributed by atoms with van der Waals surface area (Å²) in [5.41, 5.74) is 10.5. The van der Waals surface area contributed by atoms with Crippen molar-refractivity contribution in [3.8, 4) is 0 Å². The lowest BCUT2D eigenvalue weighted by molar-refractivity contribution is 0.357. The summed E-state index contributed by atoms with van der Waals surface area (Å²) in [7, 11) is 0. The molecule has 0 unspecified atom stereocenters. The molecular formula is C20H27BO. The predicted molar refractivity (Wildman–Crippen MR) is 98.0 cm³/mol. The monoisotopic (exact) mass is 294 g/mol. The van der Waals surface area contributed by atoms with Crippen molar-refractivity contribution < 1.29 is 4.65 Å². The minimum absolute atomic E-state index is 0.0196. The van der Waals surface area contributed by atoms with Gasteiger partial charge in [-0.1, -0.05) is 57.6 Å². The zero-order valence-corrected chi connectivity index (χ0v) is 15.0. The van der Waals surface area contributed by atoms with Crippen LogP contribution in [0.1, 0.15) is 40.3 Å². The molecule has 0 radical (unpaired) electrons. The molecule has 0 aliphatic carbocycles. The van der Waals surface area contributed by atoms with Crippen LogP contribution in [0.25, 0.3) is 0 Å². The molecule has 0 fully saturated rings. The van der Waals surface area contributed by atoms with Gasteiger partial charge in [0.25, 0.3) is 0 Å². The molecule has 0 saturated carbocycles. The molecule has 0 aromatic heterocycles. The van der Waals surface area contributed by atoms with Gasteiger partial charge in [-0.05, 0) is 59.4 Å². The normalized spacial score (nSPS) is 10.9. The molecule has 116 valence electrons. The summed E-state index contributed by atoms with van der Waals surface area (Å²) in [5, 5.41) is 0. The zero-order chi connectivity index (χ0) is 16.4. The Morgan fingerprint density at radius 2 is 1.00 bits per heavy atom. The molecule has 0 amide bonds. The van der Waals surface area contributed by atoms with Gasteiger partial charge in [-0.2, -0.15) is 0 Å². The maximum atomic E-state index is 6.22. The van der Waals surface area contributed by atoms with Crippen LogP contribution in [0.15, 0.2) is 24.3 Å². The van der Waals surface area contributed by atoms with Crippen molar-refractivity contribution in [2.75, 3.05) is 6.61 Å². The summed E-state index contributed by atoms with van der Waals surface area (Å²) in [5.74, 6) is 0. The molecule has 2 aromatic carbocycles. The van der Waals surface area contributed by atoms with Crippen molar-refractivity contribution in [3.63, 3.8) is 0 Å². The fourth-order valence-corrected chi connectivity index (χ4v) is 3.69. The van der Waals surface area contributed by atoms with Gasteiger partial charge in [-0.3, -0.25) is 0 Å². The molecule has 0 heterocycles. The highest BCUT2D eigenvalue weighted by molar-refractivity contribution is 6.81. The van der Waals surface area contributed by atoms with E-state index in [0.717, 1.165) is 0 Å². The average molecular weight is 294 g/mol. The predicted octanol–water partition coefficient (Wildman–Crippen LogP) is 3.68. The van der Waals surface area contributed by atoms with Crippen molar-refractivity contribution in [1.29, 1.82) is 0 Å². The number of hydrogen-bond donors (Lipinski definition) is 0. The molecule has 0 atom stereocenters. The number of rotatable bonds is 4. The molecule has 1 nitrogen and oxygen atoms in total. The van der Waals surface area contributed by atoms with Crippen molar-refractivity contribution in [2.24, 2.45) is 0 Å². The van der Waals surface area contributed by atoms with Crippen LogP contribution in [-0.4, -0.2) is 13.5 Å². The van der Waals surface area contributed by atoms with Crippen LogP contribution in [0.3, 0.4) is 0 Å². The number of hydrogen-bond acceptors (Lipinski definition) is 1. The largest absolute Gasteiger partial charge is 0.427 e. The van der Waals surface area contributed by atoms with Crippen LogP contribution in [0.2, 0.25) is 0 Å². The van der Waals surface area contributed by atoms with Crippen LogP contribution in [-0.2, 0) is 4.65 Å². The van der Waals surface area contributed by atoms with Crippen LogP contribution in [0.4, 0.5) is 0 Å². The molecule has 0 spiro atoms. The Labute approximate surface area is 135 Å². The summed E-state index contributed by atoms with van der Waals surface area (Å²) >= 11 is 0. The Hall–Kier alpha value is -1.54. The zero-order valence-electron chi connectivity index (χ0n) is 15.0. The number of aryl methyl sites for hydroxylation is 6. The van der Waals surface area contributed by atoms with Gasteiger partial charge in [0.1, 0.15) is 0 Å². The Bertz CT molecular complexity index is 585. The Balaban J connectivity index is 2.67. The number of benzene rings is 2. The van der Waals surface area contributed by atoms with Crippen LogP contribution >= 0.6 is 0 Å². The molecule has 0 N–H and O–H groups in total. The van der Waals surface area contributed by atoms with E-state index in [0.29, 0.717) is 6.61 Å². The highest BCUT2D eigenvalue weighted by Crippen LogP contribution is 2.12. The van der Waals surface area contributed by atoms with Gasteiger partial charge >= 0.3 is 6.92 Å².